The molecule has 6 nitrogen and oxygen atoms in total. The van der Waals surface area contributed by atoms with Crippen LogP contribution >= 0.6 is 11.6 Å². The highest BCUT2D eigenvalue weighted by Gasteiger charge is 2.14. The average Bonchev–Trinajstić information content (AvgIpc) is 3.00. The maximum Gasteiger partial charge on any atom is 0.338 e. The highest BCUT2D eigenvalue weighted by molar-refractivity contribution is 6.31. The normalized spacial score (nSPS) is 10.6. The van der Waals surface area contributed by atoms with Crippen LogP contribution in [-0.2, 0) is 4.74 Å². The molecule has 4 N–H and O–H groups in total. The van der Waals surface area contributed by atoms with Gasteiger partial charge in [0.05, 0.1) is 23.5 Å². The predicted molar refractivity (Wildman–Crippen MR) is 98.1 cm³/mol. The number of anilines is 2. The van der Waals surface area contributed by atoms with E-state index in [1.807, 2.05) is 0 Å². The summed E-state index contributed by atoms with van der Waals surface area (Å²) in [5.74, 6) is -0.849. The van der Waals surface area contributed by atoms with Crippen LogP contribution in [0.3, 0.4) is 0 Å². The number of halogens is 1. The van der Waals surface area contributed by atoms with E-state index in [4.69, 9.17) is 22.1 Å². The van der Waals surface area contributed by atoms with E-state index >= 15 is 0 Å². The van der Waals surface area contributed by atoms with Crippen molar-refractivity contribution in [3.63, 3.8) is 0 Å². The van der Waals surface area contributed by atoms with Gasteiger partial charge in [0.2, 0.25) is 0 Å². The zero-order valence-corrected chi connectivity index (χ0v) is 14.2. The van der Waals surface area contributed by atoms with Crippen molar-refractivity contribution >= 4 is 45.8 Å². The molecule has 0 saturated carbocycles. The Morgan fingerprint density at radius 1 is 1.20 bits per heavy atom. The summed E-state index contributed by atoms with van der Waals surface area (Å²) in [6, 6.07) is 11.6. The number of carbonyl (C=O) groups is 2. The molecule has 25 heavy (non-hydrogen) atoms. The molecule has 0 unspecified atom stereocenters. The van der Waals surface area contributed by atoms with Crippen LogP contribution in [0.4, 0.5) is 11.4 Å². The molecule has 0 atom stereocenters. The van der Waals surface area contributed by atoms with Gasteiger partial charge in [-0.05, 0) is 49.4 Å². The third kappa shape index (κ3) is 3.59. The van der Waals surface area contributed by atoms with Crippen molar-refractivity contribution in [1.82, 2.24) is 4.98 Å². The maximum absolute atomic E-state index is 12.5. The smallest absolute Gasteiger partial charge is 0.338 e. The molecule has 1 aromatic heterocycles. The number of carbonyl (C=O) groups excluding carboxylic acids is 2. The summed E-state index contributed by atoms with van der Waals surface area (Å²) in [6.07, 6.45) is 0. The van der Waals surface area contributed by atoms with Crippen molar-refractivity contribution in [2.75, 3.05) is 17.7 Å². The van der Waals surface area contributed by atoms with Crippen molar-refractivity contribution in [1.29, 1.82) is 0 Å². The minimum absolute atomic E-state index is 0.266. The van der Waals surface area contributed by atoms with Crippen LogP contribution in [0.25, 0.3) is 10.9 Å². The van der Waals surface area contributed by atoms with E-state index in [0.29, 0.717) is 27.7 Å². The highest BCUT2D eigenvalue weighted by atomic mass is 35.5. The Balaban J connectivity index is 1.86. The molecule has 0 bridgehead atoms. The first-order chi connectivity index (χ1) is 12.0. The molecule has 0 aliphatic rings. The summed E-state index contributed by atoms with van der Waals surface area (Å²) >= 11 is 5.96. The van der Waals surface area contributed by atoms with Crippen LogP contribution in [0.5, 0.6) is 0 Å². The monoisotopic (exact) mass is 357 g/mol. The molecule has 1 heterocycles. The number of H-pyrrole nitrogens is 1. The number of hydrogen-bond donors (Lipinski definition) is 3. The average molecular weight is 358 g/mol. The molecule has 3 aromatic rings. The minimum atomic E-state index is -0.474. The van der Waals surface area contributed by atoms with E-state index in [1.54, 1.807) is 43.3 Å². The first kappa shape index (κ1) is 16.9. The molecule has 3 rings (SSSR count). The number of ether oxygens (including phenoxy) is 1. The minimum Gasteiger partial charge on any atom is -0.462 e. The summed E-state index contributed by atoms with van der Waals surface area (Å²) in [4.78, 5) is 27.3. The Kier molecular flexibility index (Phi) is 4.63. The van der Waals surface area contributed by atoms with E-state index in [-0.39, 0.29) is 12.5 Å². The number of hydrogen-bond acceptors (Lipinski definition) is 4. The molecular weight excluding hydrogens is 342 g/mol. The topological polar surface area (TPSA) is 97.2 Å². The van der Waals surface area contributed by atoms with Crippen molar-refractivity contribution in [3.05, 3.63) is 58.7 Å². The van der Waals surface area contributed by atoms with E-state index in [2.05, 4.69) is 10.3 Å². The number of aromatic nitrogens is 1. The number of nitrogens with one attached hydrogen (secondary N) is 2. The summed E-state index contributed by atoms with van der Waals surface area (Å²) in [6.45, 7) is 1.99. The summed E-state index contributed by atoms with van der Waals surface area (Å²) in [5, 5.41) is 4.12. The first-order valence-corrected chi connectivity index (χ1v) is 8.02. The molecule has 0 fully saturated rings. The van der Waals surface area contributed by atoms with E-state index in [1.165, 1.54) is 6.07 Å². The standard InChI is InChI=1S/C18H16ClN3O3/c1-2-25-18(24)10-3-5-13(20)15(8-10)22-17(23)16-9-11-7-12(19)4-6-14(11)21-16/h3-9,21H,2,20H2,1H3,(H,22,23). The molecule has 0 saturated heterocycles. The van der Waals surface area contributed by atoms with Crippen LogP contribution in [0, 0.1) is 0 Å². The van der Waals surface area contributed by atoms with Gasteiger partial charge in [0.1, 0.15) is 5.69 Å². The second-order valence-corrected chi connectivity index (χ2v) is 5.83. The lowest BCUT2D eigenvalue weighted by Gasteiger charge is -2.09. The van der Waals surface area contributed by atoms with Crippen molar-refractivity contribution in [2.45, 2.75) is 6.92 Å². The maximum atomic E-state index is 12.5. The van der Waals surface area contributed by atoms with Gasteiger partial charge in [-0.25, -0.2) is 4.79 Å². The lowest BCUT2D eigenvalue weighted by molar-refractivity contribution is 0.0526. The van der Waals surface area contributed by atoms with E-state index in [9.17, 15) is 9.59 Å². The first-order valence-electron chi connectivity index (χ1n) is 7.64. The quantitative estimate of drug-likeness (QED) is 0.488. The predicted octanol–water partition coefficient (Wildman–Crippen LogP) is 3.83. The second kappa shape index (κ2) is 6.86. The van der Waals surface area contributed by atoms with Gasteiger partial charge < -0.3 is 20.8 Å². The molecule has 128 valence electrons. The van der Waals surface area contributed by atoms with Crippen LogP contribution in [0.1, 0.15) is 27.8 Å². The van der Waals surface area contributed by atoms with Gasteiger partial charge in [0, 0.05) is 15.9 Å². The van der Waals surface area contributed by atoms with Crippen LogP contribution in [0.15, 0.2) is 42.5 Å². The van der Waals surface area contributed by atoms with E-state index < -0.39 is 5.97 Å². The number of fused-ring (bicyclic) bond motifs is 1. The number of aromatic amines is 1. The zero-order valence-electron chi connectivity index (χ0n) is 13.4. The fraction of sp³-hybridized carbons (Fsp3) is 0.111. The largest absolute Gasteiger partial charge is 0.462 e. The molecule has 7 heteroatoms. The fourth-order valence-electron chi connectivity index (χ4n) is 2.42. The number of nitrogens with two attached hydrogens (primary N) is 1. The SMILES string of the molecule is CCOC(=O)c1ccc(N)c(NC(=O)c2cc3cc(Cl)ccc3[nH]2)c1. The molecule has 0 aliphatic carbocycles. The van der Waals surface area contributed by atoms with Gasteiger partial charge in [-0.15, -0.1) is 0 Å². The number of benzene rings is 2. The van der Waals surface area contributed by atoms with Crippen LogP contribution < -0.4 is 11.1 Å². The van der Waals surface area contributed by atoms with Gasteiger partial charge in [-0.2, -0.15) is 0 Å². The van der Waals surface area contributed by atoms with E-state index in [0.717, 1.165) is 10.9 Å². The molecule has 0 radical (unpaired) electrons. The molecular formula is C18H16ClN3O3. The van der Waals surface area contributed by atoms with Crippen molar-refractivity contribution in [2.24, 2.45) is 0 Å². The highest BCUT2D eigenvalue weighted by Crippen LogP contribution is 2.23. The number of nitrogen functional groups attached to an aromatic ring is 1. The number of rotatable bonds is 4. The summed E-state index contributed by atoms with van der Waals surface area (Å²) in [7, 11) is 0. The Morgan fingerprint density at radius 3 is 2.76 bits per heavy atom. The lowest BCUT2D eigenvalue weighted by atomic mass is 10.1. The summed E-state index contributed by atoms with van der Waals surface area (Å²) in [5.41, 5.74) is 8.05. The second-order valence-electron chi connectivity index (χ2n) is 5.39. The Hall–Kier alpha value is -2.99. The van der Waals surface area contributed by atoms with Gasteiger partial charge >= 0.3 is 5.97 Å². The number of esters is 1. The number of amides is 1. The fourth-order valence-corrected chi connectivity index (χ4v) is 2.60. The Bertz CT molecular complexity index is 965. The van der Waals surface area contributed by atoms with Gasteiger partial charge in [-0.1, -0.05) is 11.6 Å². The molecule has 0 aliphatic heterocycles. The molecule has 2 aromatic carbocycles. The molecule has 1 amide bonds. The third-order valence-corrected chi connectivity index (χ3v) is 3.88. The lowest BCUT2D eigenvalue weighted by Crippen LogP contribution is -2.14. The van der Waals surface area contributed by atoms with Crippen molar-refractivity contribution < 1.29 is 14.3 Å². The van der Waals surface area contributed by atoms with Gasteiger partial charge in [0.25, 0.3) is 5.91 Å². The van der Waals surface area contributed by atoms with Gasteiger partial charge in [-0.3, -0.25) is 4.79 Å². The van der Waals surface area contributed by atoms with Gasteiger partial charge in [0.15, 0.2) is 0 Å². The van der Waals surface area contributed by atoms with Crippen molar-refractivity contribution in [3.8, 4) is 0 Å². The Morgan fingerprint density at radius 2 is 2.00 bits per heavy atom. The van der Waals surface area contributed by atoms with Crippen LogP contribution in [0.2, 0.25) is 5.02 Å². The zero-order chi connectivity index (χ0) is 18.0. The summed E-state index contributed by atoms with van der Waals surface area (Å²) < 4.78 is 4.95. The molecule has 0 spiro atoms. The Labute approximate surface area is 148 Å². The third-order valence-electron chi connectivity index (χ3n) is 3.64. The van der Waals surface area contributed by atoms with Crippen LogP contribution in [-0.4, -0.2) is 23.5 Å².